The molecular formula is C19H21F2N3O2. The minimum absolute atomic E-state index is 0.243. The fraction of sp³-hybridized carbons (Fsp3) is 0.263. The van der Waals surface area contributed by atoms with Crippen LogP contribution in [-0.4, -0.2) is 31.4 Å². The number of nitrogens with zero attached hydrogens (tertiary/aromatic N) is 1. The molecule has 2 aromatic rings. The van der Waals surface area contributed by atoms with Gasteiger partial charge in [0.25, 0.3) is 0 Å². The smallest absolute Gasteiger partial charge is 0.313 e. The van der Waals surface area contributed by atoms with Gasteiger partial charge in [0.1, 0.15) is 11.6 Å². The third kappa shape index (κ3) is 5.54. The maximum absolute atomic E-state index is 13.5. The van der Waals surface area contributed by atoms with Crippen LogP contribution in [0, 0.1) is 11.6 Å². The molecule has 0 aromatic heterocycles. The number of hydrogen-bond acceptors (Lipinski definition) is 3. The maximum atomic E-state index is 13.5. The largest absolute Gasteiger partial charge is 0.372 e. The van der Waals surface area contributed by atoms with Crippen molar-refractivity contribution in [3.05, 3.63) is 60.2 Å². The molecule has 0 fully saturated rings. The van der Waals surface area contributed by atoms with Crippen LogP contribution in [0.15, 0.2) is 48.5 Å². The molecule has 0 saturated carbocycles. The van der Waals surface area contributed by atoms with Gasteiger partial charge in [-0.2, -0.15) is 0 Å². The molecule has 0 atom stereocenters. The Kier molecular flexibility index (Phi) is 7.08. The first-order valence-corrected chi connectivity index (χ1v) is 8.35. The van der Waals surface area contributed by atoms with E-state index in [1.165, 1.54) is 0 Å². The highest BCUT2D eigenvalue weighted by Crippen LogP contribution is 2.15. The Labute approximate surface area is 151 Å². The van der Waals surface area contributed by atoms with Crippen molar-refractivity contribution in [2.45, 2.75) is 13.3 Å². The van der Waals surface area contributed by atoms with E-state index in [1.807, 2.05) is 37.3 Å². The van der Waals surface area contributed by atoms with E-state index in [0.29, 0.717) is 19.0 Å². The summed E-state index contributed by atoms with van der Waals surface area (Å²) in [6.45, 7) is 3.88. The molecule has 7 heteroatoms. The molecule has 2 N–H and O–H groups in total. The van der Waals surface area contributed by atoms with Crippen molar-refractivity contribution in [1.82, 2.24) is 5.32 Å². The molecule has 0 bridgehead atoms. The van der Waals surface area contributed by atoms with Crippen molar-refractivity contribution in [3.8, 4) is 0 Å². The summed E-state index contributed by atoms with van der Waals surface area (Å²) in [5, 5.41) is 4.61. The Morgan fingerprint density at radius 3 is 2.42 bits per heavy atom. The van der Waals surface area contributed by atoms with E-state index in [1.54, 1.807) is 0 Å². The Balaban J connectivity index is 1.76. The highest BCUT2D eigenvalue weighted by molar-refractivity contribution is 6.39. The summed E-state index contributed by atoms with van der Waals surface area (Å²) in [6.07, 6.45) is 0.645. The van der Waals surface area contributed by atoms with Gasteiger partial charge in [0.15, 0.2) is 0 Å². The monoisotopic (exact) mass is 361 g/mol. The molecule has 5 nitrogen and oxygen atoms in total. The number of carbonyl (C=O) groups is 2. The first-order chi connectivity index (χ1) is 12.5. The lowest BCUT2D eigenvalue weighted by molar-refractivity contribution is -0.136. The molecule has 0 aliphatic carbocycles. The van der Waals surface area contributed by atoms with Crippen LogP contribution >= 0.6 is 0 Å². The van der Waals surface area contributed by atoms with Gasteiger partial charge in [-0.3, -0.25) is 9.59 Å². The average molecular weight is 361 g/mol. The number of benzene rings is 2. The van der Waals surface area contributed by atoms with Crippen LogP contribution in [0.5, 0.6) is 0 Å². The summed E-state index contributed by atoms with van der Waals surface area (Å²) < 4.78 is 26.3. The summed E-state index contributed by atoms with van der Waals surface area (Å²) in [5.74, 6) is -3.56. The number of halogens is 2. The Hall–Kier alpha value is -2.96. The van der Waals surface area contributed by atoms with E-state index in [4.69, 9.17) is 0 Å². The van der Waals surface area contributed by atoms with Crippen LogP contribution in [0.4, 0.5) is 20.2 Å². The number of carbonyl (C=O) groups excluding carboxylic acids is 2. The van der Waals surface area contributed by atoms with Gasteiger partial charge >= 0.3 is 11.8 Å². The molecule has 2 aromatic carbocycles. The predicted octanol–water partition coefficient (Wildman–Crippen LogP) is 2.94. The van der Waals surface area contributed by atoms with Crippen LogP contribution < -0.4 is 15.5 Å². The van der Waals surface area contributed by atoms with Crippen molar-refractivity contribution in [2.75, 3.05) is 29.9 Å². The fourth-order valence-electron chi connectivity index (χ4n) is 2.43. The van der Waals surface area contributed by atoms with Gasteiger partial charge in [0.05, 0.1) is 5.69 Å². The fourth-order valence-corrected chi connectivity index (χ4v) is 2.43. The second-order valence-corrected chi connectivity index (χ2v) is 5.60. The molecule has 0 heterocycles. The number of anilines is 2. The van der Waals surface area contributed by atoms with E-state index in [-0.39, 0.29) is 5.69 Å². The van der Waals surface area contributed by atoms with Crippen molar-refractivity contribution < 1.29 is 18.4 Å². The van der Waals surface area contributed by atoms with Gasteiger partial charge in [-0.1, -0.05) is 18.2 Å². The van der Waals surface area contributed by atoms with Gasteiger partial charge in [-0.05, 0) is 37.6 Å². The minimum atomic E-state index is -0.995. The van der Waals surface area contributed by atoms with E-state index in [0.717, 1.165) is 30.9 Å². The zero-order valence-corrected chi connectivity index (χ0v) is 14.5. The van der Waals surface area contributed by atoms with Crippen molar-refractivity contribution >= 4 is 23.2 Å². The number of hydrogen-bond donors (Lipinski definition) is 2. The Morgan fingerprint density at radius 2 is 1.77 bits per heavy atom. The van der Waals surface area contributed by atoms with Crippen LogP contribution in [-0.2, 0) is 9.59 Å². The van der Waals surface area contributed by atoms with Gasteiger partial charge in [-0.25, -0.2) is 8.78 Å². The number of amides is 2. The maximum Gasteiger partial charge on any atom is 0.313 e. The number of para-hydroxylation sites is 1. The standard InChI is InChI=1S/C19H21F2N3O2/c1-2-24(15-7-4-3-5-8-15)12-6-11-22-18(25)19(26)23-17-10-9-14(20)13-16(17)21/h3-5,7-10,13H,2,6,11-12H2,1H3,(H,22,25)(H,23,26). The lowest BCUT2D eigenvalue weighted by atomic mass is 10.2. The number of rotatable bonds is 7. The molecular weight excluding hydrogens is 340 g/mol. The molecule has 2 rings (SSSR count). The molecule has 0 saturated heterocycles. The topological polar surface area (TPSA) is 61.4 Å². The van der Waals surface area contributed by atoms with Crippen LogP contribution in [0.25, 0.3) is 0 Å². The van der Waals surface area contributed by atoms with E-state index in [9.17, 15) is 18.4 Å². The molecule has 26 heavy (non-hydrogen) atoms. The highest BCUT2D eigenvalue weighted by atomic mass is 19.1. The third-order valence-electron chi connectivity index (χ3n) is 3.78. The summed E-state index contributed by atoms with van der Waals surface area (Å²) in [4.78, 5) is 25.7. The third-order valence-corrected chi connectivity index (χ3v) is 3.78. The van der Waals surface area contributed by atoms with Gasteiger partial charge in [-0.15, -0.1) is 0 Å². The second-order valence-electron chi connectivity index (χ2n) is 5.60. The van der Waals surface area contributed by atoms with Crippen LogP contribution in [0.1, 0.15) is 13.3 Å². The SMILES string of the molecule is CCN(CCCNC(=O)C(=O)Nc1ccc(F)cc1F)c1ccccc1. The lowest BCUT2D eigenvalue weighted by Crippen LogP contribution is -2.37. The van der Waals surface area contributed by atoms with Gasteiger partial charge in [0, 0.05) is 31.4 Å². The van der Waals surface area contributed by atoms with Gasteiger partial charge < -0.3 is 15.5 Å². The zero-order chi connectivity index (χ0) is 18.9. The van der Waals surface area contributed by atoms with Crippen LogP contribution in [0.3, 0.4) is 0 Å². The molecule has 2 amide bonds. The minimum Gasteiger partial charge on any atom is -0.372 e. The van der Waals surface area contributed by atoms with Gasteiger partial charge in [0.2, 0.25) is 0 Å². The molecule has 0 radical (unpaired) electrons. The predicted molar refractivity (Wildman–Crippen MR) is 96.9 cm³/mol. The van der Waals surface area contributed by atoms with E-state index in [2.05, 4.69) is 15.5 Å². The molecule has 0 unspecified atom stereocenters. The van der Waals surface area contributed by atoms with Crippen LogP contribution in [0.2, 0.25) is 0 Å². The number of nitrogens with one attached hydrogen (secondary N) is 2. The molecule has 0 aliphatic rings. The molecule has 0 spiro atoms. The average Bonchev–Trinajstić information content (AvgIpc) is 2.64. The van der Waals surface area contributed by atoms with Crippen molar-refractivity contribution in [2.24, 2.45) is 0 Å². The second kappa shape index (κ2) is 9.50. The van der Waals surface area contributed by atoms with E-state index >= 15 is 0 Å². The summed E-state index contributed by atoms with van der Waals surface area (Å²) in [6, 6.07) is 12.6. The summed E-state index contributed by atoms with van der Waals surface area (Å²) in [7, 11) is 0. The Bertz CT molecular complexity index is 754. The summed E-state index contributed by atoms with van der Waals surface area (Å²) in [5.41, 5.74) is 0.846. The Morgan fingerprint density at radius 1 is 1.04 bits per heavy atom. The molecule has 138 valence electrons. The summed E-state index contributed by atoms with van der Waals surface area (Å²) >= 11 is 0. The lowest BCUT2D eigenvalue weighted by Gasteiger charge is -2.23. The van der Waals surface area contributed by atoms with Crippen molar-refractivity contribution in [3.63, 3.8) is 0 Å². The first-order valence-electron chi connectivity index (χ1n) is 8.35. The quantitative estimate of drug-likeness (QED) is 0.589. The van der Waals surface area contributed by atoms with Crippen molar-refractivity contribution in [1.29, 1.82) is 0 Å². The molecule has 0 aliphatic heterocycles. The van der Waals surface area contributed by atoms with E-state index < -0.39 is 23.4 Å². The zero-order valence-electron chi connectivity index (χ0n) is 14.5. The normalized spacial score (nSPS) is 10.3. The first kappa shape index (κ1) is 19.4. The highest BCUT2D eigenvalue weighted by Gasteiger charge is 2.15.